The normalized spacial score (nSPS) is 19.7. The van der Waals surface area contributed by atoms with E-state index in [9.17, 15) is 9.59 Å². The molecule has 1 saturated heterocycles. The quantitative estimate of drug-likeness (QED) is 0.495. The predicted molar refractivity (Wildman–Crippen MR) is 116 cm³/mol. The predicted octanol–water partition coefficient (Wildman–Crippen LogP) is 4.70. The molecule has 1 aliphatic heterocycles. The Morgan fingerprint density at radius 2 is 2.18 bits per heavy atom. The third-order valence-electron chi connectivity index (χ3n) is 4.93. The van der Waals surface area contributed by atoms with E-state index >= 15 is 0 Å². The number of carbonyl (C=O) groups excluding carboxylic acids is 2. The number of rotatable bonds is 6. The summed E-state index contributed by atoms with van der Waals surface area (Å²) in [6, 6.07) is 0. The van der Waals surface area contributed by atoms with Gasteiger partial charge in [0.25, 0.3) is 0 Å². The molecular weight excluding hydrogens is 441 g/mol. The van der Waals surface area contributed by atoms with E-state index in [4.69, 9.17) is 27.9 Å². The molecule has 0 amide bonds. The van der Waals surface area contributed by atoms with Crippen LogP contribution in [-0.4, -0.2) is 53.4 Å². The highest BCUT2D eigenvalue weighted by atomic mass is 35.5. The molecule has 2 atom stereocenters. The zero-order valence-electron chi connectivity index (χ0n) is 15.8. The molecule has 6 nitrogen and oxygen atoms in total. The first-order chi connectivity index (χ1) is 13.3. The maximum absolute atomic E-state index is 12.8. The summed E-state index contributed by atoms with van der Waals surface area (Å²) in [5, 5.41) is 1.79. The van der Waals surface area contributed by atoms with Crippen molar-refractivity contribution in [3.8, 4) is 0 Å². The third kappa shape index (κ3) is 4.35. The van der Waals surface area contributed by atoms with E-state index < -0.39 is 0 Å². The van der Waals surface area contributed by atoms with Gasteiger partial charge in [0, 0.05) is 30.5 Å². The lowest BCUT2D eigenvalue weighted by molar-refractivity contribution is 0.0606. The van der Waals surface area contributed by atoms with Gasteiger partial charge >= 0.3 is 5.97 Å². The lowest BCUT2D eigenvalue weighted by atomic mass is 9.90. The molecule has 0 aromatic carbocycles. The number of Topliss-reactive ketones (excluding diaryl/α,β-unsaturated/α-hetero) is 1. The fourth-order valence-corrected chi connectivity index (χ4v) is 5.60. The van der Waals surface area contributed by atoms with Crippen LogP contribution in [0, 0.1) is 12.8 Å². The number of nitrogens with zero attached hydrogens (tertiary/aromatic N) is 2. The Morgan fingerprint density at radius 1 is 1.43 bits per heavy atom. The van der Waals surface area contributed by atoms with Crippen LogP contribution in [0.3, 0.4) is 0 Å². The van der Waals surface area contributed by atoms with Crippen molar-refractivity contribution in [2.75, 3.05) is 31.4 Å². The van der Waals surface area contributed by atoms with Crippen LogP contribution >= 0.6 is 46.3 Å². The number of carbonyl (C=O) groups is 2. The summed E-state index contributed by atoms with van der Waals surface area (Å²) in [7, 11) is 1.36. The van der Waals surface area contributed by atoms with E-state index in [1.165, 1.54) is 18.4 Å². The number of aromatic amines is 1. The average molecular weight is 462 g/mol. The van der Waals surface area contributed by atoms with E-state index in [1.54, 1.807) is 24.9 Å². The van der Waals surface area contributed by atoms with Gasteiger partial charge in [-0.2, -0.15) is 11.8 Å². The highest BCUT2D eigenvalue weighted by molar-refractivity contribution is 7.99. The summed E-state index contributed by atoms with van der Waals surface area (Å²) in [5.41, 5.74) is 1.10. The Balaban J connectivity index is 1.67. The second-order valence-electron chi connectivity index (χ2n) is 6.65. The van der Waals surface area contributed by atoms with Gasteiger partial charge in [0.15, 0.2) is 10.9 Å². The van der Waals surface area contributed by atoms with Gasteiger partial charge in [-0.3, -0.25) is 4.79 Å². The van der Waals surface area contributed by atoms with E-state index in [0.29, 0.717) is 32.7 Å². The average Bonchev–Trinajstić information content (AvgIpc) is 3.29. The van der Waals surface area contributed by atoms with Crippen LogP contribution in [0.25, 0.3) is 0 Å². The van der Waals surface area contributed by atoms with Gasteiger partial charge in [-0.15, -0.1) is 0 Å². The van der Waals surface area contributed by atoms with Crippen molar-refractivity contribution in [3.63, 3.8) is 0 Å². The third-order valence-corrected chi connectivity index (χ3v) is 8.05. The Morgan fingerprint density at radius 3 is 2.79 bits per heavy atom. The molecule has 3 heterocycles. The first-order valence-corrected chi connectivity index (χ1v) is 11.6. The summed E-state index contributed by atoms with van der Waals surface area (Å²) in [6.45, 7) is 3.34. The fourth-order valence-electron chi connectivity index (χ4n) is 3.35. The Kier molecular flexibility index (Phi) is 6.96. The molecule has 3 rings (SSSR count). The number of H-pyrrole nitrogens is 1. The second kappa shape index (κ2) is 9.07. The smallest absolute Gasteiger partial charge is 0.349 e. The van der Waals surface area contributed by atoms with Crippen LogP contribution < -0.4 is 4.90 Å². The van der Waals surface area contributed by atoms with Crippen molar-refractivity contribution in [1.29, 1.82) is 0 Å². The van der Waals surface area contributed by atoms with Gasteiger partial charge in [0.05, 0.1) is 23.4 Å². The molecule has 28 heavy (non-hydrogen) atoms. The number of ketones is 1. The number of aryl methyl sites for hydroxylation is 1. The maximum atomic E-state index is 12.8. The van der Waals surface area contributed by atoms with E-state index in [-0.39, 0.29) is 22.9 Å². The van der Waals surface area contributed by atoms with Crippen LogP contribution in [0.5, 0.6) is 0 Å². The number of methoxy groups -OCH3 is 1. The van der Waals surface area contributed by atoms with Crippen molar-refractivity contribution in [2.24, 2.45) is 5.92 Å². The van der Waals surface area contributed by atoms with Crippen molar-refractivity contribution in [3.05, 3.63) is 32.5 Å². The highest BCUT2D eigenvalue weighted by Gasteiger charge is 2.33. The molecule has 0 saturated carbocycles. The molecule has 2 aromatic heterocycles. The zero-order valence-corrected chi connectivity index (χ0v) is 18.9. The number of aromatic nitrogens is 2. The zero-order chi connectivity index (χ0) is 20.4. The maximum Gasteiger partial charge on any atom is 0.349 e. The number of piperidine rings is 1. The summed E-state index contributed by atoms with van der Waals surface area (Å²) >= 11 is 15.4. The largest absolute Gasteiger partial charge is 0.465 e. The summed E-state index contributed by atoms with van der Waals surface area (Å²) in [4.78, 5) is 34.5. The second-order valence-corrected chi connectivity index (χ2v) is 9.49. The number of hydrogen-bond acceptors (Lipinski definition) is 7. The number of halogens is 2. The van der Waals surface area contributed by atoms with E-state index in [0.717, 1.165) is 24.6 Å². The molecule has 1 aliphatic rings. The number of thiazole rings is 1. The van der Waals surface area contributed by atoms with Gasteiger partial charge in [-0.05, 0) is 25.5 Å². The topological polar surface area (TPSA) is 75.3 Å². The van der Waals surface area contributed by atoms with Gasteiger partial charge in [0.2, 0.25) is 0 Å². The SMILES string of the molecule is COC(=O)c1cnc(N2CCC(CC(=O)c3[nH]c(C)c(Cl)c3Cl)C(SC)C2)s1. The standard InChI is InChI=1S/C18H21Cl2N3O3S2/c1-9-14(19)15(20)16(22-9)11(24)6-10-4-5-23(8-13(10)27-3)18-21-7-12(28-18)17(25)26-2/h7,10,13,22H,4-6,8H2,1-3H3. The molecule has 1 N–H and O–H groups in total. The van der Waals surface area contributed by atoms with Crippen molar-refractivity contribution in [2.45, 2.75) is 25.0 Å². The molecule has 0 radical (unpaired) electrons. The first kappa shape index (κ1) is 21.5. The number of esters is 1. The first-order valence-electron chi connectivity index (χ1n) is 8.74. The molecule has 152 valence electrons. The Hall–Kier alpha value is -1.22. The van der Waals surface area contributed by atoms with Gasteiger partial charge in [-0.1, -0.05) is 34.5 Å². The number of nitrogens with one attached hydrogen (secondary N) is 1. The van der Waals surface area contributed by atoms with Crippen LogP contribution in [0.2, 0.25) is 10.0 Å². The molecule has 0 bridgehead atoms. The Bertz CT molecular complexity index is 884. The lowest BCUT2D eigenvalue weighted by Crippen LogP contribution is -2.43. The van der Waals surface area contributed by atoms with Crippen LogP contribution in [0.4, 0.5) is 5.13 Å². The lowest BCUT2D eigenvalue weighted by Gasteiger charge is -2.37. The van der Waals surface area contributed by atoms with Crippen molar-refractivity contribution in [1.82, 2.24) is 9.97 Å². The number of ether oxygens (including phenoxy) is 1. The molecule has 0 aliphatic carbocycles. The minimum Gasteiger partial charge on any atom is -0.465 e. The van der Waals surface area contributed by atoms with Gasteiger partial charge < -0.3 is 14.6 Å². The minimum absolute atomic E-state index is 0.0141. The monoisotopic (exact) mass is 461 g/mol. The molecule has 1 fully saturated rings. The van der Waals surface area contributed by atoms with E-state index in [1.807, 2.05) is 0 Å². The van der Waals surface area contributed by atoms with Gasteiger partial charge in [-0.25, -0.2) is 9.78 Å². The van der Waals surface area contributed by atoms with Crippen molar-refractivity contribution < 1.29 is 14.3 Å². The molecule has 0 spiro atoms. The molecule has 10 heteroatoms. The highest BCUT2D eigenvalue weighted by Crippen LogP contribution is 2.36. The van der Waals surface area contributed by atoms with Crippen LogP contribution in [0.1, 0.15) is 38.7 Å². The molecular formula is C18H21Cl2N3O3S2. The summed E-state index contributed by atoms with van der Waals surface area (Å²) < 4.78 is 4.75. The summed E-state index contributed by atoms with van der Waals surface area (Å²) in [6.07, 6.45) is 4.88. The number of hydrogen-bond donors (Lipinski definition) is 1. The minimum atomic E-state index is -0.373. The molecule has 2 aromatic rings. The van der Waals surface area contributed by atoms with Crippen LogP contribution in [0.15, 0.2) is 6.20 Å². The summed E-state index contributed by atoms with van der Waals surface area (Å²) in [5.74, 6) is -0.153. The van der Waals surface area contributed by atoms with E-state index in [2.05, 4.69) is 21.1 Å². The molecule has 2 unspecified atom stereocenters. The fraction of sp³-hybridized carbons (Fsp3) is 0.500. The van der Waals surface area contributed by atoms with Crippen LogP contribution in [-0.2, 0) is 4.74 Å². The van der Waals surface area contributed by atoms with Gasteiger partial charge in [0.1, 0.15) is 10.6 Å². The van der Waals surface area contributed by atoms with Crippen molar-refractivity contribution >= 4 is 63.2 Å². The number of anilines is 1. The Labute approximate surface area is 181 Å². The number of thioether (sulfide) groups is 1.